The lowest BCUT2D eigenvalue weighted by atomic mass is 9.84. The maximum Gasteiger partial charge on any atom is 0.127 e. The Kier molecular flexibility index (Phi) is 4.05. The van der Waals surface area contributed by atoms with Crippen LogP contribution in [-0.2, 0) is 0 Å². The van der Waals surface area contributed by atoms with Crippen molar-refractivity contribution in [3.63, 3.8) is 0 Å². The number of benzene rings is 2. The summed E-state index contributed by atoms with van der Waals surface area (Å²) in [5.74, 6) is 2.59. The molecule has 1 saturated carbocycles. The molecule has 3 rings (SSSR count). The third kappa shape index (κ3) is 3.22. The Morgan fingerprint density at radius 3 is 1.90 bits per heavy atom. The van der Waals surface area contributed by atoms with Crippen molar-refractivity contribution in [1.29, 1.82) is 0 Å². The fraction of sp³-hybridized carbons (Fsp3) is 0.368. The fourth-order valence-electron chi connectivity index (χ4n) is 2.99. The molecular weight excluding hydrogens is 244 g/mol. The minimum Gasteiger partial charge on any atom is -0.457 e. The summed E-state index contributed by atoms with van der Waals surface area (Å²) in [6, 6.07) is 16.9. The van der Waals surface area contributed by atoms with E-state index in [1.54, 1.807) is 0 Å². The predicted molar refractivity (Wildman–Crippen MR) is 83.5 cm³/mol. The van der Waals surface area contributed by atoms with Crippen LogP contribution in [0.4, 0.5) is 0 Å². The van der Waals surface area contributed by atoms with Crippen molar-refractivity contribution >= 4 is 0 Å². The summed E-state index contributed by atoms with van der Waals surface area (Å²) < 4.78 is 5.88. The molecule has 2 aromatic carbocycles. The van der Waals surface area contributed by atoms with Crippen LogP contribution in [0.3, 0.4) is 0 Å². The second kappa shape index (κ2) is 6.13. The molecule has 20 heavy (non-hydrogen) atoms. The molecule has 0 aromatic heterocycles. The quantitative estimate of drug-likeness (QED) is 0.678. The van der Waals surface area contributed by atoms with Gasteiger partial charge in [-0.3, -0.25) is 0 Å². The molecule has 2 aromatic rings. The van der Waals surface area contributed by atoms with E-state index in [4.69, 9.17) is 4.74 Å². The lowest BCUT2D eigenvalue weighted by Crippen LogP contribution is -2.04. The summed E-state index contributed by atoms with van der Waals surface area (Å²) in [6.45, 7) is 2.09. The molecule has 0 N–H and O–H groups in total. The molecule has 0 aliphatic heterocycles. The largest absolute Gasteiger partial charge is 0.457 e. The normalized spacial score (nSPS) is 16.1. The summed E-state index contributed by atoms with van der Waals surface area (Å²) in [5.41, 5.74) is 2.73. The standard InChI is InChI=1S/C19H22O/c1-15-7-11-18(12-8-15)20-19-13-9-17(10-14-19)16-5-3-2-4-6-16/h7-14,16H,2-6H2,1H3. The van der Waals surface area contributed by atoms with E-state index < -0.39 is 0 Å². The number of aryl methyl sites for hydroxylation is 1. The molecule has 1 aliphatic rings. The van der Waals surface area contributed by atoms with E-state index in [-0.39, 0.29) is 0 Å². The summed E-state index contributed by atoms with van der Waals surface area (Å²) in [4.78, 5) is 0. The first-order valence-corrected chi connectivity index (χ1v) is 7.66. The van der Waals surface area contributed by atoms with Gasteiger partial charge in [0.05, 0.1) is 0 Å². The Labute approximate surface area is 121 Å². The van der Waals surface area contributed by atoms with Gasteiger partial charge in [-0.15, -0.1) is 0 Å². The van der Waals surface area contributed by atoms with E-state index >= 15 is 0 Å². The van der Waals surface area contributed by atoms with Crippen molar-refractivity contribution in [3.05, 3.63) is 59.7 Å². The van der Waals surface area contributed by atoms with Gasteiger partial charge in [-0.1, -0.05) is 49.1 Å². The lowest BCUT2D eigenvalue weighted by molar-refractivity contribution is 0.442. The molecule has 0 radical (unpaired) electrons. The molecule has 104 valence electrons. The van der Waals surface area contributed by atoms with Crippen LogP contribution >= 0.6 is 0 Å². The number of rotatable bonds is 3. The average molecular weight is 266 g/mol. The van der Waals surface area contributed by atoms with Gasteiger partial charge in [0.25, 0.3) is 0 Å². The maximum atomic E-state index is 5.88. The fourth-order valence-corrected chi connectivity index (χ4v) is 2.99. The van der Waals surface area contributed by atoms with Crippen molar-refractivity contribution in [1.82, 2.24) is 0 Å². The zero-order valence-corrected chi connectivity index (χ0v) is 12.1. The highest BCUT2D eigenvalue weighted by Crippen LogP contribution is 2.33. The van der Waals surface area contributed by atoms with E-state index in [9.17, 15) is 0 Å². The number of hydrogen-bond acceptors (Lipinski definition) is 1. The van der Waals surface area contributed by atoms with Crippen molar-refractivity contribution in [2.75, 3.05) is 0 Å². The third-order valence-corrected chi connectivity index (χ3v) is 4.21. The molecule has 0 amide bonds. The second-order valence-electron chi connectivity index (χ2n) is 5.82. The van der Waals surface area contributed by atoms with Gasteiger partial charge in [0.1, 0.15) is 11.5 Å². The minimum atomic E-state index is 0.761. The van der Waals surface area contributed by atoms with Crippen LogP contribution in [0.5, 0.6) is 11.5 Å². The van der Waals surface area contributed by atoms with Crippen LogP contribution in [-0.4, -0.2) is 0 Å². The van der Waals surface area contributed by atoms with E-state index in [0.29, 0.717) is 0 Å². The van der Waals surface area contributed by atoms with E-state index in [0.717, 1.165) is 17.4 Å². The number of hydrogen-bond donors (Lipinski definition) is 0. The van der Waals surface area contributed by atoms with Gasteiger partial charge in [0.2, 0.25) is 0 Å². The first-order valence-electron chi connectivity index (χ1n) is 7.66. The van der Waals surface area contributed by atoms with E-state index in [1.807, 2.05) is 12.1 Å². The Balaban J connectivity index is 1.67. The summed E-state index contributed by atoms with van der Waals surface area (Å²) >= 11 is 0. The van der Waals surface area contributed by atoms with Crippen molar-refractivity contribution < 1.29 is 4.74 Å². The van der Waals surface area contributed by atoms with Gasteiger partial charge >= 0.3 is 0 Å². The summed E-state index contributed by atoms with van der Waals surface area (Å²) in [5, 5.41) is 0. The first-order chi connectivity index (χ1) is 9.81. The molecule has 0 atom stereocenters. The van der Waals surface area contributed by atoms with Gasteiger partial charge in [-0.25, -0.2) is 0 Å². The minimum absolute atomic E-state index is 0.761. The smallest absolute Gasteiger partial charge is 0.127 e. The van der Waals surface area contributed by atoms with E-state index in [1.165, 1.54) is 43.2 Å². The first kappa shape index (κ1) is 13.2. The van der Waals surface area contributed by atoms with Gasteiger partial charge in [-0.2, -0.15) is 0 Å². The van der Waals surface area contributed by atoms with Crippen LogP contribution < -0.4 is 4.74 Å². The van der Waals surface area contributed by atoms with Gasteiger partial charge < -0.3 is 4.74 Å². The van der Waals surface area contributed by atoms with Crippen LogP contribution in [0.25, 0.3) is 0 Å². The molecule has 0 bridgehead atoms. The van der Waals surface area contributed by atoms with Crippen molar-refractivity contribution in [3.8, 4) is 11.5 Å². The maximum absolute atomic E-state index is 5.88. The monoisotopic (exact) mass is 266 g/mol. The van der Waals surface area contributed by atoms with Crippen molar-refractivity contribution in [2.24, 2.45) is 0 Å². The molecule has 0 saturated heterocycles. The highest BCUT2D eigenvalue weighted by Gasteiger charge is 2.15. The van der Waals surface area contributed by atoms with Gasteiger partial charge in [0, 0.05) is 0 Å². The molecule has 1 nitrogen and oxygen atoms in total. The predicted octanol–water partition coefficient (Wildman–Crippen LogP) is 5.84. The van der Waals surface area contributed by atoms with Crippen LogP contribution in [0, 0.1) is 6.92 Å². The highest BCUT2D eigenvalue weighted by atomic mass is 16.5. The third-order valence-electron chi connectivity index (χ3n) is 4.21. The topological polar surface area (TPSA) is 9.23 Å². The summed E-state index contributed by atoms with van der Waals surface area (Å²) in [7, 11) is 0. The SMILES string of the molecule is Cc1ccc(Oc2ccc(C3CCCCC3)cc2)cc1. The zero-order valence-electron chi connectivity index (χ0n) is 12.1. The molecule has 1 aliphatic carbocycles. The number of ether oxygens (including phenoxy) is 1. The molecule has 1 fully saturated rings. The Hall–Kier alpha value is -1.76. The Morgan fingerprint density at radius 2 is 1.30 bits per heavy atom. The Morgan fingerprint density at radius 1 is 0.750 bits per heavy atom. The zero-order chi connectivity index (χ0) is 13.8. The van der Waals surface area contributed by atoms with Gasteiger partial charge in [-0.05, 0) is 55.5 Å². The molecule has 0 unspecified atom stereocenters. The average Bonchev–Trinajstić information content (AvgIpc) is 2.51. The lowest BCUT2D eigenvalue weighted by Gasteiger charge is -2.22. The van der Waals surface area contributed by atoms with Crippen molar-refractivity contribution in [2.45, 2.75) is 44.9 Å². The van der Waals surface area contributed by atoms with Crippen LogP contribution in [0.1, 0.15) is 49.1 Å². The molecule has 0 heterocycles. The molecule has 1 heteroatoms. The van der Waals surface area contributed by atoms with Gasteiger partial charge in [0.15, 0.2) is 0 Å². The highest BCUT2D eigenvalue weighted by molar-refractivity contribution is 5.35. The summed E-state index contributed by atoms with van der Waals surface area (Å²) in [6.07, 6.45) is 6.86. The van der Waals surface area contributed by atoms with Crippen LogP contribution in [0.2, 0.25) is 0 Å². The molecular formula is C19H22O. The van der Waals surface area contributed by atoms with E-state index in [2.05, 4.69) is 43.3 Å². The van der Waals surface area contributed by atoms with Crippen LogP contribution in [0.15, 0.2) is 48.5 Å². The Bertz CT molecular complexity index is 533. The molecule has 0 spiro atoms. The second-order valence-corrected chi connectivity index (χ2v) is 5.82.